The molecule has 0 aliphatic heterocycles. The largest absolute Gasteiger partial charge is 0.484 e. The monoisotopic (exact) mass is 448 g/mol. The van der Waals surface area contributed by atoms with Gasteiger partial charge in [-0.2, -0.15) is 4.80 Å². The first-order valence-electron chi connectivity index (χ1n) is 10.5. The summed E-state index contributed by atoms with van der Waals surface area (Å²) in [5.41, 5.74) is 6.10. The van der Waals surface area contributed by atoms with Gasteiger partial charge in [0.2, 0.25) is 0 Å². The predicted molar refractivity (Wildman–Crippen MR) is 128 cm³/mol. The molecule has 0 aliphatic carbocycles. The highest BCUT2D eigenvalue weighted by Crippen LogP contribution is 2.24. The van der Waals surface area contributed by atoms with E-state index in [2.05, 4.69) is 41.5 Å². The highest BCUT2D eigenvalue weighted by Gasteiger charge is 2.12. The van der Waals surface area contributed by atoms with Gasteiger partial charge in [-0.25, -0.2) is 0 Å². The van der Waals surface area contributed by atoms with Crippen molar-refractivity contribution in [2.75, 3.05) is 11.9 Å². The van der Waals surface area contributed by atoms with Crippen LogP contribution in [0.1, 0.15) is 36.5 Å². The van der Waals surface area contributed by atoms with E-state index in [0.29, 0.717) is 27.9 Å². The van der Waals surface area contributed by atoms with Crippen LogP contribution in [0.3, 0.4) is 0 Å². The SMILES string of the molecule is Cc1cc(OCC(=O)Nc2cc3nn(-c4ccc(C(C)C)cc4)nc3cc2C)ccc1Cl. The number of fused-ring (bicyclic) bond motifs is 1. The number of hydrogen-bond acceptors (Lipinski definition) is 4. The predicted octanol–water partition coefficient (Wildman–Crippen LogP) is 5.83. The van der Waals surface area contributed by atoms with Gasteiger partial charge in [0.1, 0.15) is 16.8 Å². The fourth-order valence-corrected chi connectivity index (χ4v) is 3.47. The van der Waals surface area contributed by atoms with Gasteiger partial charge < -0.3 is 10.1 Å². The van der Waals surface area contributed by atoms with Crippen molar-refractivity contribution in [2.24, 2.45) is 0 Å². The van der Waals surface area contributed by atoms with Gasteiger partial charge in [0.15, 0.2) is 6.61 Å². The van der Waals surface area contributed by atoms with Gasteiger partial charge in [-0.1, -0.05) is 37.6 Å². The number of nitrogens with one attached hydrogen (secondary N) is 1. The van der Waals surface area contributed by atoms with Crippen LogP contribution in [0.2, 0.25) is 5.02 Å². The van der Waals surface area contributed by atoms with Crippen molar-refractivity contribution in [1.29, 1.82) is 0 Å². The Morgan fingerprint density at radius 2 is 1.69 bits per heavy atom. The van der Waals surface area contributed by atoms with Crippen molar-refractivity contribution < 1.29 is 9.53 Å². The van der Waals surface area contributed by atoms with E-state index in [1.807, 2.05) is 38.1 Å². The van der Waals surface area contributed by atoms with Crippen molar-refractivity contribution in [3.8, 4) is 11.4 Å². The van der Waals surface area contributed by atoms with E-state index < -0.39 is 0 Å². The van der Waals surface area contributed by atoms with E-state index >= 15 is 0 Å². The summed E-state index contributed by atoms with van der Waals surface area (Å²) in [7, 11) is 0. The molecule has 1 N–H and O–H groups in total. The lowest BCUT2D eigenvalue weighted by Gasteiger charge is -2.10. The molecule has 1 aromatic heterocycles. The lowest BCUT2D eigenvalue weighted by atomic mass is 10.0. The first-order valence-corrected chi connectivity index (χ1v) is 10.8. The molecule has 0 spiro atoms. The number of halogens is 1. The van der Waals surface area contributed by atoms with Crippen molar-refractivity contribution in [3.05, 3.63) is 76.3 Å². The van der Waals surface area contributed by atoms with E-state index in [-0.39, 0.29) is 12.5 Å². The summed E-state index contributed by atoms with van der Waals surface area (Å²) in [6, 6.07) is 17.3. The van der Waals surface area contributed by atoms with Gasteiger partial charge in [-0.15, -0.1) is 10.2 Å². The van der Waals surface area contributed by atoms with Crippen LogP contribution < -0.4 is 10.1 Å². The Morgan fingerprint density at radius 3 is 2.34 bits per heavy atom. The molecule has 0 aliphatic rings. The molecule has 4 aromatic rings. The van der Waals surface area contributed by atoms with Crippen LogP contribution in [0.5, 0.6) is 5.75 Å². The van der Waals surface area contributed by atoms with E-state index in [1.165, 1.54) is 5.56 Å². The zero-order valence-corrected chi connectivity index (χ0v) is 19.3. The molecule has 0 saturated carbocycles. The topological polar surface area (TPSA) is 69.0 Å². The molecule has 0 saturated heterocycles. The van der Waals surface area contributed by atoms with E-state index in [1.54, 1.807) is 23.0 Å². The van der Waals surface area contributed by atoms with E-state index in [9.17, 15) is 4.79 Å². The number of amides is 1. The van der Waals surface area contributed by atoms with Crippen LogP contribution in [-0.4, -0.2) is 27.5 Å². The highest BCUT2D eigenvalue weighted by atomic mass is 35.5. The summed E-state index contributed by atoms with van der Waals surface area (Å²) in [6.07, 6.45) is 0. The van der Waals surface area contributed by atoms with E-state index in [4.69, 9.17) is 16.3 Å². The average molecular weight is 449 g/mol. The molecule has 0 bridgehead atoms. The number of carbonyl (C=O) groups excluding carboxylic acids is 1. The Kier molecular flexibility index (Phi) is 6.15. The number of carbonyl (C=O) groups is 1. The Bertz CT molecular complexity index is 1280. The number of hydrogen-bond donors (Lipinski definition) is 1. The molecule has 0 fully saturated rings. The zero-order chi connectivity index (χ0) is 22.8. The normalized spacial score (nSPS) is 11.2. The maximum atomic E-state index is 12.4. The first kappa shape index (κ1) is 21.8. The molecule has 0 unspecified atom stereocenters. The summed E-state index contributed by atoms with van der Waals surface area (Å²) >= 11 is 6.03. The number of aryl methyl sites for hydroxylation is 2. The van der Waals surface area contributed by atoms with Crippen molar-refractivity contribution >= 4 is 34.2 Å². The Balaban J connectivity index is 1.48. The minimum Gasteiger partial charge on any atom is -0.484 e. The number of nitrogens with zero attached hydrogens (tertiary/aromatic N) is 3. The zero-order valence-electron chi connectivity index (χ0n) is 18.5. The number of ether oxygens (including phenoxy) is 1. The maximum absolute atomic E-state index is 12.4. The van der Waals surface area contributed by atoms with Gasteiger partial charge in [-0.3, -0.25) is 4.79 Å². The molecule has 1 heterocycles. The second kappa shape index (κ2) is 9.01. The van der Waals surface area contributed by atoms with Crippen molar-refractivity contribution in [3.63, 3.8) is 0 Å². The minimum atomic E-state index is -0.253. The molecule has 32 heavy (non-hydrogen) atoms. The van der Waals surface area contributed by atoms with Gasteiger partial charge >= 0.3 is 0 Å². The fourth-order valence-electron chi connectivity index (χ4n) is 3.35. The third kappa shape index (κ3) is 4.75. The number of anilines is 1. The van der Waals surface area contributed by atoms with Crippen molar-refractivity contribution in [2.45, 2.75) is 33.6 Å². The molecule has 0 radical (unpaired) electrons. The second-order valence-electron chi connectivity index (χ2n) is 8.14. The Hall–Kier alpha value is -3.38. The molecule has 3 aromatic carbocycles. The van der Waals surface area contributed by atoms with Crippen LogP contribution in [-0.2, 0) is 4.79 Å². The third-order valence-corrected chi connectivity index (χ3v) is 5.71. The number of rotatable bonds is 6. The molecule has 0 atom stereocenters. The lowest BCUT2D eigenvalue weighted by Crippen LogP contribution is -2.20. The van der Waals surface area contributed by atoms with Crippen LogP contribution in [0.4, 0.5) is 5.69 Å². The Morgan fingerprint density at radius 1 is 1.00 bits per heavy atom. The molecular weight excluding hydrogens is 424 g/mol. The summed E-state index contributed by atoms with van der Waals surface area (Å²) < 4.78 is 5.59. The summed E-state index contributed by atoms with van der Waals surface area (Å²) in [5.74, 6) is 0.813. The third-order valence-electron chi connectivity index (χ3n) is 5.29. The van der Waals surface area contributed by atoms with Crippen LogP contribution >= 0.6 is 11.6 Å². The second-order valence-corrected chi connectivity index (χ2v) is 8.55. The summed E-state index contributed by atoms with van der Waals surface area (Å²) in [6.45, 7) is 8.03. The Labute approximate surface area is 192 Å². The molecule has 6 nitrogen and oxygen atoms in total. The van der Waals surface area contributed by atoms with Crippen LogP contribution in [0.15, 0.2) is 54.6 Å². The van der Waals surface area contributed by atoms with E-state index in [0.717, 1.165) is 22.3 Å². The minimum absolute atomic E-state index is 0.104. The molecule has 7 heteroatoms. The summed E-state index contributed by atoms with van der Waals surface area (Å²) in [5, 5.41) is 12.7. The first-order chi connectivity index (χ1) is 15.3. The molecule has 164 valence electrons. The number of aromatic nitrogens is 3. The average Bonchev–Trinajstić information content (AvgIpc) is 3.17. The van der Waals surface area contributed by atoms with Gasteiger partial charge in [0, 0.05) is 10.7 Å². The van der Waals surface area contributed by atoms with Gasteiger partial charge in [0.25, 0.3) is 5.91 Å². The standard InChI is InChI=1S/C25H25ClN4O2/c1-15(2)18-5-7-19(8-6-18)30-28-23-12-17(4)22(13-24(23)29-30)27-25(31)14-32-20-9-10-21(26)16(3)11-20/h5-13,15H,14H2,1-4H3,(H,27,31). The molecule has 4 rings (SSSR count). The smallest absolute Gasteiger partial charge is 0.262 e. The fraction of sp³-hybridized carbons (Fsp3) is 0.240. The van der Waals surface area contributed by atoms with Gasteiger partial charge in [-0.05, 0) is 78.9 Å². The maximum Gasteiger partial charge on any atom is 0.262 e. The summed E-state index contributed by atoms with van der Waals surface area (Å²) in [4.78, 5) is 14.1. The van der Waals surface area contributed by atoms with Crippen LogP contribution in [0.25, 0.3) is 16.7 Å². The van der Waals surface area contributed by atoms with Gasteiger partial charge in [0.05, 0.1) is 5.69 Å². The van der Waals surface area contributed by atoms with Crippen LogP contribution in [0, 0.1) is 13.8 Å². The molecular formula is C25H25ClN4O2. The number of benzene rings is 3. The highest BCUT2D eigenvalue weighted by molar-refractivity contribution is 6.31. The lowest BCUT2D eigenvalue weighted by molar-refractivity contribution is -0.118. The molecule has 1 amide bonds. The quantitative estimate of drug-likeness (QED) is 0.402. The van der Waals surface area contributed by atoms with Crippen molar-refractivity contribution in [1.82, 2.24) is 15.0 Å².